The Hall–Kier alpha value is -3.53. The van der Waals surface area contributed by atoms with Crippen molar-refractivity contribution in [1.29, 1.82) is 0 Å². The first kappa shape index (κ1) is 25.1. The summed E-state index contributed by atoms with van der Waals surface area (Å²) < 4.78 is 26.1. The van der Waals surface area contributed by atoms with Gasteiger partial charge in [0.1, 0.15) is 0 Å². The first-order chi connectivity index (χ1) is 17.8. The summed E-state index contributed by atoms with van der Waals surface area (Å²) in [4.78, 5) is 14.5. The van der Waals surface area contributed by atoms with E-state index in [1.807, 2.05) is 42.6 Å². The van der Waals surface area contributed by atoms with Crippen molar-refractivity contribution in [2.45, 2.75) is 11.8 Å². The number of nitrogens with zero attached hydrogens (tertiary/aromatic N) is 5. The lowest BCUT2D eigenvalue weighted by atomic mass is 10.0. The maximum atomic E-state index is 12.5. The molecule has 37 heavy (non-hydrogen) atoms. The number of piperazine rings is 1. The second-order valence-electron chi connectivity index (χ2n) is 9.35. The minimum atomic E-state index is -3.48. The van der Waals surface area contributed by atoms with Crippen molar-refractivity contribution in [3.05, 3.63) is 72.9 Å². The third kappa shape index (κ3) is 5.29. The predicted octanol–water partition coefficient (Wildman–Crippen LogP) is 4.43. The fourth-order valence-electron chi connectivity index (χ4n) is 4.60. The lowest BCUT2D eigenvalue weighted by molar-refractivity contribution is 0.271. The number of para-hydroxylation sites is 1. The highest BCUT2D eigenvalue weighted by molar-refractivity contribution is 7.89. The average molecular weight is 517 g/mol. The number of benzene rings is 3. The van der Waals surface area contributed by atoms with Crippen LogP contribution in [0.2, 0.25) is 0 Å². The first-order valence-electron chi connectivity index (χ1n) is 12.5. The van der Waals surface area contributed by atoms with Gasteiger partial charge in [0.25, 0.3) is 0 Å². The highest BCUT2D eigenvalue weighted by atomic mass is 32.2. The average Bonchev–Trinajstić information content (AvgIpc) is 2.93. The van der Waals surface area contributed by atoms with E-state index in [1.165, 1.54) is 24.1 Å². The van der Waals surface area contributed by atoms with E-state index >= 15 is 0 Å². The fraction of sp³-hybridized carbons (Fsp3) is 0.286. The van der Waals surface area contributed by atoms with Gasteiger partial charge in [-0.25, -0.2) is 22.7 Å². The van der Waals surface area contributed by atoms with Gasteiger partial charge in [0, 0.05) is 68.8 Å². The van der Waals surface area contributed by atoms with Crippen molar-refractivity contribution < 1.29 is 8.42 Å². The summed E-state index contributed by atoms with van der Waals surface area (Å²) in [5, 5.41) is 4.28. The van der Waals surface area contributed by atoms with Crippen molar-refractivity contribution in [2.75, 3.05) is 57.0 Å². The van der Waals surface area contributed by atoms with Gasteiger partial charge >= 0.3 is 0 Å². The molecular weight excluding hydrogens is 484 g/mol. The summed E-state index contributed by atoms with van der Waals surface area (Å²) in [5.41, 5.74) is 4.73. The third-order valence-electron chi connectivity index (χ3n) is 6.84. The molecule has 0 atom stereocenters. The van der Waals surface area contributed by atoms with Crippen molar-refractivity contribution >= 4 is 38.2 Å². The Kier molecular flexibility index (Phi) is 7.10. The fourth-order valence-corrected chi connectivity index (χ4v) is 5.50. The van der Waals surface area contributed by atoms with Crippen molar-refractivity contribution in [3.63, 3.8) is 0 Å². The van der Waals surface area contributed by atoms with Crippen LogP contribution in [0.3, 0.4) is 0 Å². The Bertz CT molecular complexity index is 1500. The molecule has 9 heteroatoms. The van der Waals surface area contributed by atoms with E-state index in [1.54, 1.807) is 12.1 Å². The molecule has 1 aliphatic heterocycles. The van der Waals surface area contributed by atoms with Crippen molar-refractivity contribution in [2.24, 2.45) is 0 Å². The summed E-state index contributed by atoms with van der Waals surface area (Å²) >= 11 is 0. The molecule has 0 bridgehead atoms. The molecule has 1 saturated heterocycles. The van der Waals surface area contributed by atoms with Crippen LogP contribution in [0.4, 0.5) is 17.3 Å². The largest absolute Gasteiger partial charge is 0.369 e. The molecular formula is C28H32N6O2S. The molecule has 1 aromatic heterocycles. The zero-order valence-corrected chi connectivity index (χ0v) is 22.2. The molecule has 3 aromatic carbocycles. The molecule has 4 aromatic rings. The molecule has 0 aliphatic carbocycles. The van der Waals surface area contributed by atoms with E-state index in [9.17, 15) is 8.42 Å². The molecule has 2 heterocycles. The maximum Gasteiger partial charge on any atom is 0.242 e. The van der Waals surface area contributed by atoms with E-state index in [0.29, 0.717) is 5.95 Å². The summed E-state index contributed by atoms with van der Waals surface area (Å²) in [5.74, 6) is 0.514. The second-order valence-corrected chi connectivity index (χ2v) is 11.5. The van der Waals surface area contributed by atoms with Gasteiger partial charge in [-0.15, -0.1) is 0 Å². The Labute approximate surface area is 218 Å². The van der Waals surface area contributed by atoms with Gasteiger partial charge in [-0.3, -0.25) is 0 Å². The van der Waals surface area contributed by atoms with E-state index in [2.05, 4.69) is 45.2 Å². The number of likely N-dealkylation sites (N-methyl/N-ethyl adjacent to an activating group) is 1. The Morgan fingerprint density at radius 1 is 0.946 bits per heavy atom. The maximum absolute atomic E-state index is 12.5. The SMILES string of the molecule is CCN1CCN(c2cccc(Nc3ncc4cccc(-c5ccc(S(=O)(=O)N(C)C)cc5)c4n3)c2)CC1. The van der Waals surface area contributed by atoms with Crippen molar-refractivity contribution in [1.82, 2.24) is 19.2 Å². The molecule has 192 valence electrons. The van der Waals surface area contributed by atoms with Gasteiger partial charge in [0.15, 0.2) is 0 Å². The second kappa shape index (κ2) is 10.5. The van der Waals surface area contributed by atoms with Crippen LogP contribution in [0.1, 0.15) is 6.92 Å². The molecule has 0 saturated carbocycles. The van der Waals surface area contributed by atoms with E-state index in [4.69, 9.17) is 4.98 Å². The van der Waals surface area contributed by atoms with Crippen LogP contribution in [0.25, 0.3) is 22.0 Å². The van der Waals surface area contributed by atoms with Crippen molar-refractivity contribution in [3.8, 4) is 11.1 Å². The van der Waals surface area contributed by atoms with Gasteiger partial charge in [-0.1, -0.05) is 43.3 Å². The number of aromatic nitrogens is 2. The number of fused-ring (bicyclic) bond motifs is 1. The van der Waals surface area contributed by atoms with E-state index < -0.39 is 10.0 Å². The minimum Gasteiger partial charge on any atom is -0.369 e. The normalized spacial score (nSPS) is 14.9. The van der Waals surface area contributed by atoms with Gasteiger partial charge in [0.05, 0.1) is 10.4 Å². The molecule has 8 nitrogen and oxygen atoms in total. The molecule has 0 unspecified atom stereocenters. The zero-order chi connectivity index (χ0) is 26.0. The highest BCUT2D eigenvalue weighted by Crippen LogP contribution is 2.30. The van der Waals surface area contributed by atoms with Crippen LogP contribution in [0, 0.1) is 0 Å². The molecule has 0 radical (unpaired) electrons. The van der Waals surface area contributed by atoms with Crippen LogP contribution in [0.5, 0.6) is 0 Å². The summed E-state index contributed by atoms with van der Waals surface area (Å²) in [6.07, 6.45) is 1.81. The van der Waals surface area contributed by atoms with Gasteiger partial charge in [-0.2, -0.15) is 0 Å². The number of nitrogens with one attached hydrogen (secondary N) is 1. The molecule has 5 rings (SSSR count). The minimum absolute atomic E-state index is 0.259. The summed E-state index contributed by atoms with van der Waals surface area (Å²) in [6.45, 7) is 7.49. The topological polar surface area (TPSA) is 81.7 Å². The lowest BCUT2D eigenvalue weighted by Gasteiger charge is -2.35. The van der Waals surface area contributed by atoms with Gasteiger partial charge in [0.2, 0.25) is 16.0 Å². The Morgan fingerprint density at radius 3 is 2.38 bits per heavy atom. The number of sulfonamides is 1. The van der Waals surface area contributed by atoms with E-state index in [0.717, 1.165) is 60.4 Å². The lowest BCUT2D eigenvalue weighted by Crippen LogP contribution is -2.46. The number of hydrogen-bond donors (Lipinski definition) is 1. The Morgan fingerprint density at radius 2 is 1.68 bits per heavy atom. The summed E-state index contributed by atoms with van der Waals surface area (Å²) in [6, 6.07) is 21.2. The van der Waals surface area contributed by atoms with Crippen LogP contribution in [0.15, 0.2) is 77.8 Å². The molecule has 1 fully saturated rings. The molecule has 0 spiro atoms. The third-order valence-corrected chi connectivity index (χ3v) is 8.67. The first-order valence-corrected chi connectivity index (χ1v) is 13.9. The van der Waals surface area contributed by atoms with Crippen LogP contribution in [-0.4, -0.2) is 74.4 Å². The number of hydrogen-bond acceptors (Lipinski definition) is 7. The smallest absolute Gasteiger partial charge is 0.242 e. The standard InChI is InChI=1S/C28H32N6O2S/c1-4-33-15-17-34(18-16-33)24-9-6-8-23(19-24)30-28-29-20-22-7-5-10-26(27(22)31-28)21-11-13-25(14-12-21)37(35,36)32(2)3/h5-14,19-20H,4,15-18H2,1-3H3,(H,29,30,31). The monoisotopic (exact) mass is 516 g/mol. The molecule has 1 aliphatic rings. The van der Waals surface area contributed by atoms with Crippen LogP contribution in [-0.2, 0) is 10.0 Å². The number of anilines is 3. The van der Waals surface area contributed by atoms with E-state index in [-0.39, 0.29) is 4.90 Å². The Balaban J connectivity index is 1.41. The predicted molar refractivity (Wildman–Crippen MR) is 150 cm³/mol. The van der Waals surface area contributed by atoms with Crippen LogP contribution < -0.4 is 10.2 Å². The summed E-state index contributed by atoms with van der Waals surface area (Å²) in [7, 11) is -0.425. The molecule has 0 amide bonds. The highest BCUT2D eigenvalue weighted by Gasteiger charge is 2.18. The zero-order valence-electron chi connectivity index (χ0n) is 21.4. The quantitative estimate of drug-likeness (QED) is 0.389. The van der Waals surface area contributed by atoms with Gasteiger partial charge in [-0.05, 0) is 42.4 Å². The van der Waals surface area contributed by atoms with Gasteiger partial charge < -0.3 is 15.1 Å². The molecule has 1 N–H and O–H groups in total. The number of rotatable bonds is 7. The van der Waals surface area contributed by atoms with Crippen LogP contribution >= 0.6 is 0 Å².